The molecule has 0 saturated carbocycles. The summed E-state index contributed by atoms with van der Waals surface area (Å²) in [4.78, 5) is 5.27. The number of aromatic hydroxyl groups is 1. The highest BCUT2D eigenvalue weighted by Gasteiger charge is 2.34. The smallest absolute Gasteiger partial charge is 0.243 e. The summed E-state index contributed by atoms with van der Waals surface area (Å²) < 4.78 is 27.4. The summed E-state index contributed by atoms with van der Waals surface area (Å²) in [6.45, 7) is 13.9. The fraction of sp³-hybridized carbons (Fsp3) is 0.481. The van der Waals surface area contributed by atoms with Crippen molar-refractivity contribution in [2.75, 3.05) is 32.7 Å². The Hall–Kier alpha value is -2.19. The first-order chi connectivity index (χ1) is 16.2. The lowest BCUT2D eigenvalue weighted by Gasteiger charge is -2.47. The Balaban J connectivity index is 1.98. The molecule has 0 bridgehead atoms. The molecule has 0 amide bonds. The average molecular weight is 486 g/mol. The second-order valence-electron chi connectivity index (χ2n) is 9.07. The van der Waals surface area contributed by atoms with Gasteiger partial charge in [0.1, 0.15) is 5.75 Å². The van der Waals surface area contributed by atoms with Gasteiger partial charge in [0.15, 0.2) is 0 Å². The first kappa shape index (κ1) is 26.4. The summed E-state index contributed by atoms with van der Waals surface area (Å²) in [5.74, 6) is 0.232. The Bertz CT molecular complexity index is 1060. The Labute approximate surface area is 205 Å². The van der Waals surface area contributed by atoms with Gasteiger partial charge in [-0.25, -0.2) is 8.42 Å². The number of hydrogen-bond donors (Lipinski definition) is 1. The van der Waals surface area contributed by atoms with Crippen LogP contribution in [0.2, 0.25) is 0 Å². The molecule has 1 fully saturated rings. The minimum absolute atomic E-state index is 0.0846. The fourth-order valence-electron chi connectivity index (χ4n) is 4.88. The number of benzene rings is 2. The van der Waals surface area contributed by atoms with Crippen molar-refractivity contribution in [1.29, 1.82) is 0 Å². The number of allylic oxidation sites excluding steroid dienone is 1. The van der Waals surface area contributed by atoms with Gasteiger partial charge in [-0.1, -0.05) is 50.3 Å². The third-order valence-electron chi connectivity index (χ3n) is 6.80. The summed E-state index contributed by atoms with van der Waals surface area (Å²) >= 11 is 0. The number of sulfonamides is 1. The monoisotopic (exact) mass is 485 g/mol. The highest BCUT2D eigenvalue weighted by atomic mass is 32.2. The number of phenols is 1. The minimum atomic E-state index is -3.51. The Morgan fingerprint density at radius 3 is 2.29 bits per heavy atom. The van der Waals surface area contributed by atoms with Gasteiger partial charge in [-0.15, -0.1) is 0 Å². The molecule has 7 heteroatoms. The molecule has 3 atom stereocenters. The van der Waals surface area contributed by atoms with Crippen LogP contribution in [0.25, 0.3) is 0 Å². The molecule has 1 aliphatic heterocycles. The van der Waals surface area contributed by atoms with Crippen molar-refractivity contribution in [3.05, 3.63) is 71.8 Å². The van der Waals surface area contributed by atoms with Crippen LogP contribution in [0.3, 0.4) is 0 Å². The van der Waals surface area contributed by atoms with Gasteiger partial charge >= 0.3 is 0 Å². The number of rotatable bonds is 9. The largest absolute Gasteiger partial charge is 0.508 e. The molecule has 0 spiro atoms. The molecule has 0 aromatic heterocycles. The molecule has 1 aliphatic rings. The van der Waals surface area contributed by atoms with E-state index in [1.807, 2.05) is 51.1 Å². The number of hydrogen-bond acceptors (Lipinski definition) is 5. The fourth-order valence-corrected chi connectivity index (χ4v) is 6.34. The average Bonchev–Trinajstić information content (AvgIpc) is 2.81. The molecule has 0 radical (unpaired) electrons. The van der Waals surface area contributed by atoms with Crippen LogP contribution in [0, 0.1) is 0 Å². The number of piperazine rings is 1. The van der Waals surface area contributed by atoms with Crippen LogP contribution in [0.4, 0.5) is 0 Å². The lowest BCUT2D eigenvalue weighted by Crippen LogP contribution is -2.57. The van der Waals surface area contributed by atoms with Crippen molar-refractivity contribution in [3.8, 4) is 5.75 Å². The minimum Gasteiger partial charge on any atom is -0.508 e. The van der Waals surface area contributed by atoms with Crippen molar-refractivity contribution in [3.63, 3.8) is 0 Å². The zero-order chi connectivity index (χ0) is 24.9. The summed E-state index contributed by atoms with van der Waals surface area (Å²) in [7, 11) is -3.51. The third kappa shape index (κ3) is 5.71. The van der Waals surface area contributed by atoms with Crippen molar-refractivity contribution in [1.82, 2.24) is 14.1 Å². The van der Waals surface area contributed by atoms with Crippen LogP contribution in [-0.2, 0) is 10.0 Å². The van der Waals surface area contributed by atoms with Crippen LogP contribution >= 0.6 is 0 Å². The lowest BCUT2D eigenvalue weighted by atomic mass is 9.93. The molecule has 2 aromatic carbocycles. The van der Waals surface area contributed by atoms with E-state index in [4.69, 9.17) is 0 Å². The molecule has 1 saturated heterocycles. The molecule has 3 unspecified atom stereocenters. The van der Waals surface area contributed by atoms with Gasteiger partial charge in [0.25, 0.3) is 0 Å². The molecule has 6 nitrogen and oxygen atoms in total. The Kier molecular flexibility index (Phi) is 8.93. The first-order valence-corrected chi connectivity index (χ1v) is 13.7. The van der Waals surface area contributed by atoms with E-state index in [-0.39, 0.29) is 17.8 Å². The Morgan fingerprint density at radius 1 is 1.03 bits per heavy atom. The molecular weight excluding hydrogens is 446 g/mol. The first-order valence-electron chi connectivity index (χ1n) is 12.2. The predicted molar refractivity (Wildman–Crippen MR) is 139 cm³/mol. The lowest BCUT2D eigenvalue weighted by molar-refractivity contribution is 0.0305. The summed E-state index contributed by atoms with van der Waals surface area (Å²) in [5, 5.41) is 10.2. The second-order valence-corrected chi connectivity index (χ2v) is 11.0. The van der Waals surface area contributed by atoms with Crippen LogP contribution in [0.1, 0.15) is 51.8 Å². The molecule has 34 heavy (non-hydrogen) atoms. The standard InChI is InChI=1S/C27H39N3O3S/c1-6-9-17-28-19-22(5)30(20-21(28)4)27(24-11-10-12-25(31)18-24)23-13-15-26(16-14-23)34(32,33)29(7-2)8-3/h6,9-16,18,21-22,27,31H,7-8,17,19-20H2,1-5H3/b9-6+. The molecule has 186 valence electrons. The molecule has 1 heterocycles. The SMILES string of the molecule is C/C=C/CN1CC(C)N(C(c2ccc(S(=O)(=O)N(CC)CC)cc2)c2cccc(O)c2)CC1C. The normalized spacial score (nSPS) is 21.4. The van der Waals surface area contributed by atoms with Gasteiger partial charge in [0.2, 0.25) is 10.0 Å². The maximum Gasteiger partial charge on any atom is 0.243 e. The van der Waals surface area contributed by atoms with Gasteiger partial charge in [-0.05, 0) is 56.2 Å². The Morgan fingerprint density at radius 2 is 1.71 bits per heavy atom. The maximum absolute atomic E-state index is 13.0. The van der Waals surface area contributed by atoms with Crippen LogP contribution in [0.15, 0.2) is 65.6 Å². The highest BCUT2D eigenvalue weighted by Crippen LogP contribution is 2.35. The molecular formula is C27H39N3O3S. The second kappa shape index (κ2) is 11.5. The van der Waals surface area contributed by atoms with Crippen LogP contribution < -0.4 is 0 Å². The van der Waals surface area contributed by atoms with Gasteiger partial charge in [-0.3, -0.25) is 9.80 Å². The molecule has 1 N–H and O–H groups in total. The van der Waals surface area contributed by atoms with Gasteiger partial charge < -0.3 is 5.11 Å². The topological polar surface area (TPSA) is 64.1 Å². The number of nitrogens with zero attached hydrogens (tertiary/aromatic N) is 3. The maximum atomic E-state index is 13.0. The third-order valence-corrected chi connectivity index (χ3v) is 8.86. The summed E-state index contributed by atoms with van der Waals surface area (Å²) in [6.07, 6.45) is 4.29. The zero-order valence-electron chi connectivity index (χ0n) is 21.1. The van der Waals surface area contributed by atoms with E-state index >= 15 is 0 Å². The van der Waals surface area contributed by atoms with Crippen LogP contribution in [-0.4, -0.2) is 72.4 Å². The molecule has 3 rings (SSSR count). The van der Waals surface area contributed by atoms with Gasteiger partial charge in [0, 0.05) is 44.8 Å². The van der Waals surface area contributed by atoms with Crippen molar-refractivity contribution in [2.45, 2.75) is 57.6 Å². The summed E-state index contributed by atoms with van der Waals surface area (Å²) in [5.41, 5.74) is 2.02. The van der Waals surface area contributed by atoms with Crippen molar-refractivity contribution in [2.24, 2.45) is 0 Å². The molecule has 0 aliphatic carbocycles. The zero-order valence-corrected chi connectivity index (χ0v) is 21.9. The number of phenolic OH excluding ortho intramolecular Hbond substituents is 1. The van der Waals surface area contributed by atoms with E-state index in [2.05, 4.69) is 35.8 Å². The van der Waals surface area contributed by atoms with Crippen molar-refractivity contribution < 1.29 is 13.5 Å². The van der Waals surface area contributed by atoms with Crippen molar-refractivity contribution >= 4 is 10.0 Å². The van der Waals surface area contributed by atoms with E-state index in [1.165, 1.54) is 4.31 Å². The van der Waals surface area contributed by atoms with Crippen LogP contribution in [0.5, 0.6) is 5.75 Å². The molecule has 2 aromatic rings. The van der Waals surface area contributed by atoms with E-state index in [0.29, 0.717) is 24.0 Å². The van der Waals surface area contributed by atoms with E-state index in [9.17, 15) is 13.5 Å². The van der Waals surface area contributed by atoms with Gasteiger partial charge in [-0.2, -0.15) is 4.31 Å². The van der Waals surface area contributed by atoms with E-state index in [0.717, 1.165) is 30.8 Å². The highest BCUT2D eigenvalue weighted by molar-refractivity contribution is 7.89. The van der Waals surface area contributed by atoms with Gasteiger partial charge in [0.05, 0.1) is 10.9 Å². The van der Waals surface area contributed by atoms with E-state index in [1.54, 1.807) is 18.2 Å². The predicted octanol–water partition coefficient (Wildman–Crippen LogP) is 4.48. The van der Waals surface area contributed by atoms with E-state index < -0.39 is 10.0 Å². The quantitative estimate of drug-likeness (QED) is 0.531. The summed E-state index contributed by atoms with van der Waals surface area (Å²) in [6, 6.07) is 15.3.